The number of anilines is 1. The van der Waals surface area contributed by atoms with Crippen LogP contribution in [0.25, 0.3) is 0 Å². The van der Waals surface area contributed by atoms with Crippen LogP contribution in [0.15, 0.2) is 12.1 Å². The Morgan fingerprint density at radius 2 is 1.81 bits per heavy atom. The largest absolute Gasteiger partial charge is 0.471 e. The number of carbonyl (C=O) groups is 1. The zero-order valence-corrected chi connectivity index (χ0v) is 8.09. The van der Waals surface area contributed by atoms with Crippen LogP contribution in [-0.2, 0) is 4.79 Å². The minimum atomic E-state index is -5.18. The lowest BCUT2D eigenvalue weighted by molar-refractivity contribution is -0.167. The summed E-state index contributed by atoms with van der Waals surface area (Å²) in [6.07, 6.45) is -5.18. The van der Waals surface area contributed by atoms with Crippen molar-refractivity contribution < 1.29 is 26.7 Å². The van der Waals surface area contributed by atoms with E-state index in [-0.39, 0.29) is 0 Å². The van der Waals surface area contributed by atoms with E-state index in [0.29, 0.717) is 12.1 Å². The molecule has 1 amide bonds. The lowest BCUT2D eigenvalue weighted by atomic mass is 10.3. The second-order valence-corrected chi connectivity index (χ2v) is 3.10. The van der Waals surface area contributed by atoms with Crippen molar-refractivity contribution in [1.82, 2.24) is 0 Å². The van der Waals surface area contributed by atoms with Gasteiger partial charge in [-0.15, -0.1) is 0 Å². The molecule has 2 nitrogen and oxygen atoms in total. The van der Waals surface area contributed by atoms with Gasteiger partial charge in [0.15, 0.2) is 5.82 Å². The van der Waals surface area contributed by atoms with Crippen LogP contribution >= 0.6 is 11.6 Å². The van der Waals surface area contributed by atoms with Crippen molar-refractivity contribution in [2.24, 2.45) is 0 Å². The summed E-state index contributed by atoms with van der Waals surface area (Å²) in [6, 6.07) is 0.883. The summed E-state index contributed by atoms with van der Waals surface area (Å²) in [5.41, 5.74) is -0.912. The molecule has 0 bridgehead atoms. The molecule has 0 unspecified atom stereocenters. The first-order valence-electron chi connectivity index (χ1n) is 3.74. The van der Waals surface area contributed by atoms with E-state index < -0.39 is 34.4 Å². The first-order chi connectivity index (χ1) is 7.21. The SMILES string of the molecule is O=C(Nc1c(F)cc(F)cc1Cl)C(F)(F)F. The van der Waals surface area contributed by atoms with Crippen LogP contribution < -0.4 is 5.32 Å². The van der Waals surface area contributed by atoms with Crippen LogP contribution in [0.5, 0.6) is 0 Å². The molecule has 0 saturated carbocycles. The smallest absolute Gasteiger partial charge is 0.314 e. The molecule has 1 aromatic rings. The van der Waals surface area contributed by atoms with E-state index >= 15 is 0 Å². The van der Waals surface area contributed by atoms with Gasteiger partial charge < -0.3 is 5.32 Å². The number of nitrogens with one attached hydrogen (secondary N) is 1. The third-order valence-corrected chi connectivity index (χ3v) is 1.80. The molecule has 1 rings (SSSR count). The number of carbonyl (C=O) groups excluding carboxylic acids is 1. The number of hydrogen-bond acceptors (Lipinski definition) is 1. The van der Waals surface area contributed by atoms with Crippen LogP contribution in [0.1, 0.15) is 0 Å². The molecule has 0 radical (unpaired) electrons. The number of alkyl halides is 3. The van der Waals surface area contributed by atoms with Crippen LogP contribution in [0.4, 0.5) is 27.6 Å². The summed E-state index contributed by atoms with van der Waals surface area (Å²) < 4.78 is 61.0. The molecule has 0 atom stereocenters. The predicted octanol–water partition coefficient (Wildman–Crippen LogP) is 3.12. The van der Waals surface area contributed by atoms with E-state index in [1.807, 2.05) is 0 Å². The molecule has 8 heteroatoms. The van der Waals surface area contributed by atoms with Crippen molar-refractivity contribution in [2.45, 2.75) is 6.18 Å². The second kappa shape index (κ2) is 4.25. The Morgan fingerprint density at radius 3 is 2.25 bits per heavy atom. The highest BCUT2D eigenvalue weighted by Gasteiger charge is 2.39. The second-order valence-electron chi connectivity index (χ2n) is 2.70. The molecule has 0 heterocycles. The zero-order valence-electron chi connectivity index (χ0n) is 7.33. The van der Waals surface area contributed by atoms with E-state index in [0.717, 1.165) is 0 Å². The van der Waals surface area contributed by atoms with Crippen molar-refractivity contribution in [3.8, 4) is 0 Å². The fourth-order valence-corrected chi connectivity index (χ4v) is 1.09. The van der Waals surface area contributed by atoms with Crippen molar-refractivity contribution >= 4 is 23.2 Å². The fraction of sp³-hybridized carbons (Fsp3) is 0.125. The van der Waals surface area contributed by atoms with Crippen molar-refractivity contribution in [1.29, 1.82) is 0 Å². The summed E-state index contributed by atoms with van der Waals surface area (Å²) >= 11 is 5.27. The molecule has 0 aliphatic carbocycles. The lowest BCUT2D eigenvalue weighted by Crippen LogP contribution is -2.30. The maximum Gasteiger partial charge on any atom is 0.471 e. The van der Waals surface area contributed by atoms with Crippen molar-refractivity contribution in [3.05, 3.63) is 28.8 Å². The Hall–Kier alpha value is -1.37. The van der Waals surface area contributed by atoms with Gasteiger partial charge in [-0.25, -0.2) is 8.78 Å². The molecule has 1 aromatic carbocycles. The maximum atomic E-state index is 13.0. The van der Waals surface area contributed by atoms with Gasteiger partial charge in [-0.1, -0.05) is 11.6 Å². The Kier molecular flexibility index (Phi) is 3.37. The van der Waals surface area contributed by atoms with Gasteiger partial charge >= 0.3 is 12.1 Å². The first-order valence-corrected chi connectivity index (χ1v) is 4.12. The molecular formula is C8H3ClF5NO. The van der Waals surface area contributed by atoms with Crippen LogP contribution in [0.3, 0.4) is 0 Å². The molecule has 0 saturated heterocycles. The van der Waals surface area contributed by atoms with Gasteiger partial charge in [-0.3, -0.25) is 4.79 Å². The summed E-state index contributed by atoms with van der Waals surface area (Å²) in [4.78, 5) is 10.5. The van der Waals surface area contributed by atoms with Gasteiger partial charge in [0.2, 0.25) is 0 Å². The van der Waals surface area contributed by atoms with E-state index in [1.54, 1.807) is 0 Å². The highest BCUT2D eigenvalue weighted by atomic mass is 35.5. The Bertz CT molecular complexity index is 408. The number of amides is 1. The van der Waals surface area contributed by atoms with Gasteiger partial charge in [0.25, 0.3) is 0 Å². The lowest BCUT2D eigenvalue weighted by Gasteiger charge is -2.10. The average molecular weight is 260 g/mol. The third kappa shape index (κ3) is 2.82. The minimum absolute atomic E-state index is 0.303. The topological polar surface area (TPSA) is 29.1 Å². The van der Waals surface area contributed by atoms with Crippen molar-refractivity contribution in [2.75, 3.05) is 5.32 Å². The highest BCUT2D eigenvalue weighted by Crippen LogP contribution is 2.28. The normalized spacial score (nSPS) is 11.4. The van der Waals surface area contributed by atoms with E-state index in [9.17, 15) is 26.7 Å². The standard InChI is InChI=1S/C8H3ClF5NO/c9-4-1-3(10)2-5(11)6(4)15-7(16)8(12,13)14/h1-2H,(H,15,16). The van der Waals surface area contributed by atoms with Crippen molar-refractivity contribution in [3.63, 3.8) is 0 Å². The Morgan fingerprint density at radius 1 is 1.25 bits per heavy atom. The van der Waals surface area contributed by atoms with Gasteiger partial charge in [0.1, 0.15) is 5.82 Å². The Balaban J connectivity index is 3.03. The molecule has 88 valence electrons. The summed E-state index contributed by atoms with van der Waals surface area (Å²) in [5, 5.41) is 0.551. The highest BCUT2D eigenvalue weighted by molar-refractivity contribution is 6.33. The monoisotopic (exact) mass is 259 g/mol. The number of benzene rings is 1. The van der Waals surface area contributed by atoms with Gasteiger partial charge in [0.05, 0.1) is 10.7 Å². The van der Waals surface area contributed by atoms with E-state index in [1.165, 1.54) is 5.32 Å². The van der Waals surface area contributed by atoms with Crippen LogP contribution in [0, 0.1) is 11.6 Å². The van der Waals surface area contributed by atoms with E-state index in [4.69, 9.17) is 11.6 Å². The quantitative estimate of drug-likeness (QED) is 0.772. The average Bonchev–Trinajstić information content (AvgIpc) is 2.08. The number of hydrogen-bond donors (Lipinski definition) is 1. The number of halogens is 6. The predicted molar refractivity (Wildman–Crippen MR) is 46.1 cm³/mol. The third-order valence-electron chi connectivity index (χ3n) is 1.50. The summed E-state index contributed by atoms with van der Waals surface area (Å²) in [6.45, 7) is 0. The van der Waals surface area contributed by atoms with Gasteiger partial charge in [-0.2, -0.15) is 13.2 Å². The van der Waals surface area contributed by atoms with Crippen LogP contribution in [-0.4, -0.2) is 12.1 Å². The number of rotatable bonds is 1. The molecule has 0 aliphatic heterocycles. The molecule has 0 spiro atoms. The van der Waals surface area contributed by atoms with Gasteiger partial charge in [-0.05, 0) is 6.07 Å². The van der Waals surface area contributed by atoms with Gasteiger partial charge in [0, 0.05) is 6.07 Å². The molecule has 0 aliphatic rings. The van der Waals surface area contributed by atoms with Crippen LogP contribution in [0.2, 0.25) is 5.02 Å². The molecule has 1 N–H and O–H groups in total. The Labute approximate surface area is 91.0 Å². The minimum Gasteiger partial charge on any atom is -0.314 e. The zero-order chi connectivity index (χ0) is 12.5. The fourth-order valence-electron chi connectivity index (χ4n) is 0.846. The summed E-state index contributed by atoms with van der Waals surface area (Å²) in [5.74, 6) is -4.84. The maximum absolute atomic E-state index is 13.0. The van der Waals surface area contributed by atoms with E-state index in [2.05, 4.69) is 0 Å². The first kappa shape index (κ1) is 12.7. The molecular weight excluding hydrogens is 257 g/mol. The summed E-state index contributed by atoms with van der Waals surface area (Å²) in [7, 11) is 0. The molecule has 0 aromatic heterocycles. The molecule has 16 heavy (non-hydrogen) atoms. The molecule has 0 fully saturated rings.